The van der Waals surface area contributed by atoms with Gasteiger partial charge in [0.05, 0.1) is 10.6 Å². The summed E-state index contributed by atoms with van der Waals surface area (Å²) in [6.45, 7) is 0. The van der Waals surface area contributed by atoms with Crippen LogP contribution in [0.2, 0.25) is 0 Å². The number of hydrogen-bond donors (Lipinski definition) is 2. The number of thiophene rings is 1. The predicted molar refractivity (Wildman–Crippen MR) is 113 cm³/mol. The molecule has 0 saturated heterocycles. The molecule has 10 heteroatoms. The molecule has 2 aromatic heterocycles. The third-order valence-corrected chi connectivity index (χ3v) is 6.88. The number of anilines is 3. The fourth-order valence-corrected chi connectivity index (χ4v) is 4.98. The van der Waals surface area contributed by atoms with E-state index >= 15 is 0 Å². The van der Waals surface area contributed by atoms with Crippen molar-refractivity contribution in [1.82, 2.24) is 9.97 Å². The van der Waals surface area contributed by atoms with Gasteiger partial charge < -0.3 is 10.2 Å². The highest BCUT2D eigenvalue weighted by molar-refractivity contribution is 7.89. The summed E-state index contributed by atoms with van der Waals surface area (Å²) >= 11 is 1.46. The summed E-state index contributed by atoms with van der Waals surface area (Å²) in [5.41, 5.74) is 4.33. The third-order valence-electron chi connectivity index (χ3n) is 4.66. The van der Waals surface area contributed by atoms with Crippen LogP contribution in [-0.4, -0.2) is 32.5 Å². The first kappa shape index (κ1) is 19.3. The van der Waals surface area contributed by atoms with Gasteiger partial charge in [-0.3, -0.25) is 0 Å². The number of nitrogens with two attached hydrogens (primary N) is 1. The molecule has 1 aromatic carbocycles. The highest BCUT2D eigenvalue weighted by Crippen LogP contribution is 2.46. The Balaban J connectivity index is 1.77. The summed E-state index contributed by atoms with van der Waals surface area (Å²) in [5, 5.41) is 18.8. The second-order valence-corrected chi connectivity index (χ2v) is 9.42. The molecule has 0 spiro atoms. The maximum atomic E-state index is 11.6. The lowest BCUT2D eigenvalue weighted by atomic mass is 9.91. The van der Waals surface area contributed by atoms with Crippen molar-refractivity contribution in [2.75, 3.05) is 24.3 Å². The number of nitriles is 1. The van der Waals surface area contributed by atoms with Crippen LogP contribution in [0.4, 0.5) is 16.6 Å². The predicted octanol–water partition coefficient (Wildman–Crippen LogP) is 2.63. The number of fused-ring (bicyclic) bond motifs is 3. The topological polar surface area (TPSA) is 125 Å². The van der Waals surface area contributed by atoms with Crippen molar-refractivity contribution in [2.24, 2.45) is 5.14 Å². The number of nitrogens with zero attached hydrogens (tertiary/aromatic N) is 4. The molecule has 2 heterocycles. The van der Waals surface area contributed by atoms with E-state index in [9.17, 15) is 13.7 Å². The van der Waals surface area contributed by atoms with E-state index in [4.69, 9.17) is 10.1 Å². The van der Waals surface area contributed by atoms with Gasteiger partial charge >= 0.3 is 0 Å². The Bertz CT molecular complexity index is 1260. The monoisotopic (exact) mass is 426 g/mol. The minimum atomic E-state index is -3.80. The fraction of sp³-hybridized carbons (Fsp3) is 0.211. The van der Waals surface area contributed by atoms with Gasteiger partial charge in [0.2, 0.25) is 16.0 Å². The fourth-order valence-electron chi connectivity index (χ4n) is 3.35. The van der Waals surface area contributed by atoms with Crippen molar-refractivity contribution in [3.63, 3.8) is 0 Å². The molecule has 4 rings (SSSR count). The van der Waals surface area contributed by atoms with Crippen molar-refractivity contribution in [3.8, 4) is 17.3 Å². The van der Waals surface area contributed by atoms with Gasteiger partial charge in [-0.1, -0.05) is 6.07 Å². The normalized spacial score (nSPS) is 12.6. The molecular weight excluding hydrogens is 408 g/mol. The van der Waals surface area contributed by atoms with Crippen LogP contribution in [0.25, 0.3) is 11.3 Å². The first-order valence-corrected chi connectivity index (χ1v) is 11.1. The number of aromatic nitrogens is 2. The highest BCUT2D eigenvalue weighted by Gasteiger charge is 2.28. The number of rotatable bonds is 4. The van der Waals surface area contributed by atoms with Crippen LogP contribution in [0.1, 0.15) is 16.0 Å². The standard InChI is InChI=1S/C19H18N6O2S2/c1-25(2)18-16-14(15(9-20)28-18)7-6-11-10-22-19(24-17(11)16)23-12-4-3-5-13(8-12)29(21,26)27/h3-5,8,10H,6-7H2,1-2H3,(H2,21,26,27)(H,22,23,24). The maximum absolute atomic E-state index is 11.6. The lowest BCUT2D eigenvalue weighted by molar-refractivity contribution is 0.598. The number of aryl methyl sites for hydroxylation is 1. The summed E-state index contributed by atoms with van der Waals surface area (Å²) in [7, 11) is 0.0873. The lowest BCUT2D eigenvalue weighted by Gasteiger charge is -2.20. The van der Waals surface area contributed by atoms with Gasteiger partial charge in [0.1, 0.15) is 15.9 Å². The Hall–Kier alpha value is -3.00. The summed E-state index contributed by atoms with van der Waals surface area (Å²) in [4.78, 5) is 11.8. The first-order valence-electron chi connectivity index (χ1n) is 8.77. The molecule has 0 aliphatic heterocycles. The number of sulfonamides is 1. The van der Waals surface area contributed by atoms with Crippen LogP contribution in [0.5, 0.6) is 0 Å². The van der Waals surface area contributed by atoms with Crippen LogP contribution in [0.3, 0.4) is 0 Å². The molecule has 0 unspecified atom stereocenters. The average molecular weight is 427 g/mol. The van der Waals surface area contributed by atoms with Crippen molar-refractivity contribution >= 4 is 38.0 Å². The smallest absolute Gasteiger partial charge is 0.238 e. The van der Waals surface area contributed by atoms with Crippen molar-refractivity contribution in [1.29, 1.82) is 5.26 Å². The minimum absolute atomic E-state index is 0.00846. The van der Waals surface area contributed by atoms with Gasteiger partial charge in [0, 0.05) is 31.5 Å². The number of hydrogen-bond acceptors (Lipinski definition) is 8. The molecule has 0 fully saturated rings. The number of benzene rings is 1. The SMILES string of the molecule is CN(C)c1sc(C#N)c2c1-c1nc(Nc3cccc(S(N)(=O)=O)c3)ncc1CC2. The van der Waals surface area contributed by atoms with E-state index in [1.165, 1.54) is 23.5 Å². The van der Waals surface area contributed by atoms with Crippen LogP contribution < -0.4 is 15.4 Å². The Labute approximate surface area is 172 Å². The molecule has 148 valence electrons. The molecule has 8 nitrogen and oxygen atoms in total. The van der Waals surface area contributed by atoms with Gasteiger partial charge in [-0.05, 0) is 42.2 Å². The van der Waals surface area contributed by atoms with Crippen LogP contribution in [0, 0.1) is 11.3 Å². The molecule has 0 amide bonds. The molecule has 3 aromatic rings. The van der Waals surface area contributed by atoms with Crippen molar-refractivity contribution in [2.45, 2.75) is 17.7 Å². The average Bonchev–Trinajstić information content (AvgIpc) is 3.07. The molecule has 3 N–H and O–H groups in total. The number of primary sulfonamides is 1. The minimum Gasteiger partial charge on any atom is -0.369 e. The molecule has 0 radical (unpaired) electrons. The molecular formula is C19H18N6O2S2. The van der Waals surface area contributed by atoms with Gasteiger partial charge in [-0.25, -0.2) is 23.5 Å². The Morgan fingerprint density at radius 3 is 2.79 bits per heavy atom. The second-order valence-electron chi connectivity index (χ2n) is 6.86. The van der Waals surface area contributed by atoms with E-state index < -0.39 is 10.0 Å². The Morgan fingerprint density at radius 2 is 2.10 bits per heavy atom. The second kappa shape index (κ2) is 7.11. The van der Waals surface area contributed by atoms with E-state index in [0.717, 1.165) is 40.2 Å². The van der Waals surface area contributed by atoms with E-state index in [1.807, 2.05) is 19.0 Å². The highest BCUT2D eigenvalue weighted by atomic mass is 32.2. The lowest BCUT2D eigenvalue weighted by Crippen LogP contribution is -2.13. The van der Waals surface area contributed by atoms with E-state index in [-0.39, 0.29) is 4.90 Å². The molecule has 0 bridgehead atoms. The van der Waals surface area contributed by atoms with Gasteiger partial charge in [0.25, 0.3) is 0 Å². The number of nitrogens with one attached hydrogen (secondary N) is 1. The molecule has 1 aliphatic rings. The zero-order valence-corrected chi connectivity index (χ0v) is 17.4. The van der Waals surface area contributed by atoms with Gasteiger partial charge in [-0.2, -0.15) is 5.26 Å². The van der Waals surface area contributed by atoms with E-state index in [2.05, 4.69) is 16.4 Å². The largest absolute Gasteiger partial charge is 0.369 e. The van der Waals surface area contributed by atoms with E-state index in [0.29, 0.717) is 16.5 Å². The summed E-state index contributed by atoms with van der Waals surface area (Å²) in [6, 6.07) is 8.48. The Morgan fingerprint density at radius 1 is 1.31 bits per heavy atom. The third kappa shape index (κ3) is 3.55. The molecule has 0 atom stereocenters. The zero-order chi connectivity index (χ0) is 20.8. The van der Waals surface area contributed by atoms with Gasteiger partial charge in [0.15, 0.2) is 0 Å². The van der Waals surface area contributed by atoms with Crippen molar-refractivity contribution < 1.29 is 8.42 Å². The molecule has 0 saturated carbocycles. The van der Waals surface area contributed by atoms with Crippen LogP contribution in [-0.2, 0) is 22.9 Å². The Kier molecular flexibility index (Phi) is 4.74. The molecule has 29 heavy (non-hydrogen) atoms. The summed E-state index contributed by atoms with van der Waals surface area (Å²) in [5.74, 6) is 0.345. The van der Waals surface area contributed by atoms with E-state index in [1.54, 1.807) is 18.3 Å². The zero-order valence-electron chi connectivity index (χ0n) is 15.8. The summed E-state index contributed by atoms with van der Waals surface area (Å²) < 4.78 is 23.2. The van der Waals surface area contributed by atoms with Crippen LogP contribution >= 0.6 is 11.3 Å². The maximum Gasteiger partial charge on any atom is 0.238 e. The van der Waals surface area contributed by atoms with Crippen LogP contribution in [0.15, 0.2) is 35.4 Å². The van der Waals surface area contributed by atoms with Gasteiger partial charge in [-0.15, -0.1) is 11.3 Å². The molecule has 1 aliphatic carbocycles. The van der Waals surface area contributed by atoms with Crippen molar-refractivity contribution in [3.05, 3.63) is 46.5 Å². The summed E-state index contributed by atoms with van der Waals surface area (Å²) in [6.07, 6.45) is 3.32. The first-order chi connectivity index (χ1) is 13.8. The quantitative estimate of drug-likeness (QED) is 0.657.